The van der Waals surface area contributed by atoms with E-state index in [4.69, 9.17) is 4.74 Å². The van der Waals surface area contributed by atoms with E-state index in [2.05, 4.69) is 19.6 Å². The van der Waals surface area contributed by atoms with Gasteiger partial charge in [-0.05, 0) is 31.0 Å². The van der Waals surface area contributed by atoms with E-state index in [1.807, 2.05) is 31.2 Å². The second-order valence-electron chi connectivity index (χ2n) is 3.93. The lowest BCUT2D eigenvalue weighted by atomic mass is 10.1. The third kappa shape index (κ3) is 4.71. The molecule has 1 unspecified atom stereocenters. The normalized spacial score (nSPS) is 12.2. The third-order valence-electron chi connectivity index (χ3n) is 2.31. The first-order valence-electron chi connectivity index (χ1n) is 5.59. The molecule has 0 N–H and O–H groups in total. The zero-order valence-corrected chi connectivity index (χ0v) is 10.7. The molecule has 0 saturated heterocycles. The maximum atomic E-state index is 11.5. The molecule has 0 spiro atoms. The van der Waals surface area contributed by atoms with Crippen LogP contribution in [0.25, 0.3) is 0 Å². The van der Waals surface area contributed by atoms with Crippen molar-refractivity contribution in [3.63, 3.8) is 0 Å². The van der Waals surface area contributed by atoms with E-state index in [1.54, 1.807) is 0 Å². The van der Waals surface area contributed by atoms with Gasteiger partial charge in [0.25, 0.3) is 0 Å². The molecular formula is C13H18O2S. The molecule has 0 bridgehead atoms. The van der Waals surface area contributed by atoms with Crippen molar-refractivity contribution < 1.29 is 9.53 Å². The highest BCUT2D eigenvalue weighted by Crippen LogP contribution is 2.10. The molecule has 1 atom stereocenters. The summed E-state index contributed by atoms with van der Waals surface area (Å²) in [5, 5.41) is 0. The summed E-state index contributed by atoms with van der Waals surface area (Å²) < 4.78 is 5.27. The first kappa shape index (κ1) is 13.1. The first-order valence-corrected chi connectivity index (χ1v) is 6.04. The summed E-state index contributed by atoms with van der Waals surface area (Å²) in [6, 6.07) is 7.55. The minimum atomic E-state index is -0.159. The Morgan fingerprint density at radius 1 is 1.38 bits per heavy atom. The molecule has 88 valence electrons. The van der Waals surface area contributed by atoms with Crippen LogP contribution in [0, 0.1) is 0 Å². The Kier molecular flexibility index (Phi) is 5.39. The number of carbonyl (C=O) groups excluding carboxylic acids is 1. The highest BCUT2D eigenvalue weighted by molar-refractivity contribution is 7.80. The van der Waals surface area contributed by atoms with Gasteiger partial charge in [-0.1, -0.05) is 25.5 Å². The van der Waals surface area contributed by atoms with Crippen molar-refractivity contribution >= 4 is 18.6 Å². The summed E-state index contributed by atoms with van der Waals surface area (Å²) in [7, 11) is 0. The van der Waals surface area contributed by atoms with Crippen molar-refractivity contribution in [3.05, 3.63) is 29.8 Å². The van der Waals surface area contributed by atoms with Gasteiger partial charge in [-0.2, -0.15) is 0 Å². The number of carbonyl (C=O) groups is 1. The summed E-state index contributed by atoms with van der Waals surface area (Å²) in [6.07, 6.45) is 2.30. The van der Waals surface area contributed by atoms with Crippen LogP contribution >= 0.6 is 12.6 Å². The Morgan fingerprint density at radius 2 is 2.00 bits per heavy atom. The molecule has 0 aliphatic rings. The fourth-order valence-corrected chi connectivity index (χ4v) is 1.66. The van der Waals surface area contributed by atoms with Gasteiger partial charge in [0.05, 0.1) is 12.5 Å². The molecule has 1 rings (SSSR count). The zero-order valence-electron chi connectivity index (χ0n) is 9.77. The molecule has 1 aromatic carbocycles. The monoisotopic (exact) mass is 238 g/mol. The van der Waals surface area contributed by atoms with E-state index in [0.29, 0.717) is 6.42 Å². The van der Waals surface area contributed by atoms with Gasteiger partial charge in [0.1, 0.15) is 0 Å². The Bertz CT molecular complexity index is 332. The molecule has 16 heavy (non-hydrogen) atoms. The topological polar surface area (TPSA) is 26.3 Å². The molecule has 0 fully saturated rings. The van der Waals surface area contributed by atoms with Gasteiger partial charge in [0.2, 0.25) is 0 Å². The zero-order chi connectivity index (χ0) is 12.0. The second-order valence-corrected chi connectivity index (χ2v) is 4.45. The lowest BCUT2D eigenvalue weighted by molar-refractivity contribution is -0.147. The summed E-state index contributed by atoms with van der Waals surface area (Å²) in [6.45, 7) is 4.01. The largest absolute Gasteiger partial charge is 0.462 e. The van der Waals surface area contributed by atoms with E-state index in [9.17, 15) is 4.79 Å². The number of hydrogen-bond donors (Lipinski definition) is 1. The minimum absolute atomic E-state index is 0.0154. The Labute approximate surface area is 102 Å². The van der Waals surface area contributed by atoms with Gasteiger partial charge in [0, 0.05) is 4.90 Å². The summed E-state index contributed by atoms with van der Waals surface area (Å²) in [4.78, 5) is 12.4. The number of benzene rings is 1. The van der Waals surface area contributed by atoms with E-state index in [0.717, 1.165) is 23.3 Å². The molecule has 0 saturated carbocycles. The molecule has 0 aliphatic carbocycles. The Hall–Kier alpha value is -0.960. The maximum absolute atomic E-state index is 11.5. The minimum Gasteiger partial charge on any atom is -0.462 e. The van der Waals surface area contributed by atoms with Crippen molar-refractivity contribution in [3.8, 4) is 0 Å². The molecule has 3 heteroatoms. The molecular weight excluding hydrogens is 220 g/mol. The van der Waals surface area contributed by atoms with Crippen LogP contribution in [0.15, 0.2) is 29.2 Å². The lowest BCUT2D eigenvalue weighted by Crippen LogP contribution is -2.16. The first-order chi connectivity index (χ1) is 7.61. The standard InChI is InChI=1S/C13H18O2S/c1-3-4-10(2)15-13(14)9-11-5-7-12(16)8-6-11/h5-8,10,16H,3-4,9H2,1-2H3. The SMILES string of the molecule is CCCC(C)OC(=O)Cc1ccc(S)cc1. The number of thiol groups is 1. The molecule has 0 aromatic heterocycles. The van der Waals surface area contributed by atoms with Gasteiger partial charge >= 0.3 is 5.97 Å². The van der Waals surface area contributed by atoms with Crippen molar-refractivity contribution in [1.29, 1.82) is 0 Å². The van der Waals surface area contributed by atoms with Crippen LogP contribution in [-0.2, 0) is 16.0 Å². The van der Waals surface area contributed by atoms with Crippen molar-refractivity contribution in [2.45, 2.75) is 44.1 Å². The second kappa shape index (κ2) is 6.59. The van der Waals surface area contributed by atoms with E-state index in [1.165, 1.54) is 0 Å². The molecule has 0 amide bonds. The number of hydrogen-bond acceptors (Lipinski definition) is 3. The van der Waals surface area contributed by atoms with Crippen molar-refractivity contribution in [2.75, 3.05) is 0 Å². The van der Waals surface area contributed by atoms with Crippen LogP contribution in [0.4, 0.5) is 0 Å². The van der Waals surface area contributed by atoms with Crippen molar-refractivity contribution in [1.82, 2.24) is 0 Å². The predicted octanol–water partition coefficient (Wildman–Crippen LogP) is 3.25. The van der Waals surface area contributed by atoms with Crippen LogP contribution < -0.4 is 0 Å². The number of rotatable bonds is 5. The van der Waals surface area contributed by atoms with Gasteiger partial charge in [0.15, 0.2) is 0 Å². The fraction of sp³-hybridized carbons (Fsp3) is 0.462. The number of ether oxygens (including phenoxy) is 1. The van der Waals surface area contributed by atoms with Gasteiger partial charge < -0.3 is 4.74 Å². The van der Waals surface area contributed by atoms with E-state index >= 15 is 0 Å². The summed E-state index contributed by atoms with van der Waals surface area (Å²) in [5.74, 6) is -0.159. The van der Waals surface area contributed by atoms with Crippen LogP contribution in [0.5, 0.6) is 0 Å². The molecule has 1 aromatic rings. The maximum Gasteiger partial charge on any atom is 0.310 e. The Balaban J connectivity index is 2.42. The highest BCUT2D eigenvalue weighted by Gasteiger charge is 2.09. The Morgan fingerprint density at radius 3 is 2.56 bits per heavy atom. The third-order valence-corrected chi connectivity index (χ3v) is 2.61. The van der Waals surface area contributed by atoms with Crippen LogP contribution in [0.2, 0.25) is 0 Å². The van der Waals surface area contributed by atoms with Crippen LogP contribution in [0.1, 0.15) is 32.3 Å². The van der Waals surface area contributed by atoms with Crippen LogP contribution in [-0.4, -0.2) is 12.1 Å². The van der Waals surface area contributed by atoms with Gasteiger partial charge in [-0.3, -0.25) is 4.79 Å². The number of esters is 1. The van der Waals surface area contributed by atoms with Gasteiger partial charge in [-0.25, -0.2) is 0 Å². The average molecular weight is 238 g/mol. The molecule has 2 nitrogen and oxygen atoms in total. The van der Waals surface area contributed by atoms with Gasteiger partial charge in [-0.15, -0.1) is 12.6 Å². The quantitative estimate of drug-likeness (QED) is 0.629. The van der Waals surface area contributed by atoms with Crippen molar-refractivity contribution in [2.24, 2.45) is 0 Å². The lowest BCUT2D eigenvalue weighted by Gasteiger charge is -2.11. The van der Waals surface area contributed by atoms with E-state index < -0.39 is 0 Å². The predicted molar refractivity (Wildman–Crippen MR) is 67.9 cm³/mol. The molecule has 0 heterocycles. The average Bonchev–Trinajstić information content (AvgIpc) is 2.21. The molecule has 0 radical (unpaired) electrons. The smallest absolute Gasteiger partial charge is 0.310 e. The highest BCUT2D eigenvalue weighted by atomic mass is 32.1. The fourth-order valence-electron chi connectivity index (χ4n) is 1.51. The van der Waals surface area contributed by atoms with E-state index in [-0.39, 0.29) is 12.1 Å². The van der Waals surface area contributed by atoms with Crippen LogP contribution in [0.3, 0.4) is 0 Å². The summed E-state index contributed by atoms with van der Waals surface area (Å²) in [5.41, 5.74) is 0.964. The molecule has 0 aliphatic heterocycles. The summed E-state index contributed by atoms with van der Waals surface area (Å²) >= 11 is 4.19.